The number of rotatable bonds is 6. The predicted molar refractivity (Wildman–Crippen MR) is 86.2 cm³/mol. The maximum Gasteiger partial charge on any atom is 0.141 e. The molecule has 0 saturated heterocycles. The minimum Gasteiger partial charge on any atom is -0.370 e. The average molecular weight is 305 g/mol. The molecule has 3 nitrogen and oxygen atoms in total. The number of nitrogens with zero attached hydrogens (tertiary/aromatic N) is 2. The van der Waals surface area contributed by atoms with Crippen molar-refractivity contribution in [2.24, 2.45) is 0 Å². The molecule has 0 spiro atoms. The summed E-state index contributed by atoms with van der Waals surface area (Å²) in [6.07, 6.45) is 1.06. The highest BCUT2D eigenvalue weighted by atomic mass is 32.2. The largest absolute Gasteiger partial charge is 0.370 e. The summed E-state index contributed by atoms with van der Waals surface area (Å²) in [4.78, 5) is 10.1. The first kappa shape index (κ1) is 15.8. The summed E-state index contributed by atoms with van der Waals surface area (Å²) < 4.78 is 12.9. The van der Waals surface area contributed by atoms with E-state index >= 15 is 0 Å². The van der Waals surface area contributed by atoms with E-state index in [9.17, 15) is 4.39 Å². The number of hydrogen-bond acceptors (Lipinski definition) is 4. The molecule has 21 heavy (non-hydrogen) atoms. The van der Waals surface area contributed by atoms with Crippen molar-refractivity contribution < 1.29 is 4.39 Å². The van der Waals surface area contributed by atoms with E-state index in [1.54, 1.807) is 23.9 Å². The van der Waals surface area contributed by atoms with Crippen LogP contribution in [0, 0.1) is 19.7 Å². The van der Waals surface area contributed by atoms with Crippen molar-refractivity contribution in [3.05, 3.63) is 47.2 Å². The van der Waals surface area contributed by atoms with E-state index in [2.05, 4.69) is 22.2 Å². The third kappa shape index (κ3) is 4.43. The number of aromatic nitrogens is 2. The molecule has 0 saturated carbocycles. The molecule has 2 rings (SSSR count). The second-order valence-corrected chi connectivity index (χ2v) is 5.92. The molecule has 1 N–H and O–H groups in total. The molecular weight excluding hydrogens is 285 g/mol. The third-order valence-corrected chi connectivity index (χ3v) is 4.17. The SMILES string of the molecule is CCCNc1nc(CSc2ccc(F)cc2)nc(C)c1C. The molecule has 1 aromatic heterocycles. The Balaban J connectivity index is 2.08. The molecule has 112 valence electrons. The first-order valence-electron chi connectivity index (χ1n) is 7.06. The van der Waals surface area contributed by atoms with Gasteiger partial charge in [-0.15, -0.1) is 11.8 Å². The zero-order chi connectivity index (χ0) is 15.2. The van der Waals surface area contributed by atoms with Crippen LogP contribution in [0.4, 0.5) is 10.2 Å². The number of aryl methyl sites for hydroxylation is 1. The molecule has 0 atom stereocenters. The zero-order valence-electron chi connectivity index (χ0n) is 12.6. The van der Waals surface area contributed by atoms with Crippen molar-refractivity contribution in [3.8, 4) is 0 Å². The normalized spacial score (nSPS) is 10.7. The van der Waals surface area contributed by atoms with Gasteiger partial charge in [-0.3, -0.25) is 0 Å². The van der Waals surface area contributed by atoms with Gasteiger partial charge in [-0.25, -0.2) is 14.4 Å². The van der Waals surface area contributed by atoms with Gasteiger partial charge in [-0.2, -0.15) is 0 Å². The highest BCUT2D eigenvalue weighted by Crippen LogP contribution is 2.23. The summed E-state index contributed by atoms with van der Waals surface area (Å²) in [7, 11) is 0. The van der Waals surface area contributed by atoms with E-state index in [0.29, 0.717) is 5.75 Å². The van der Waals surface area contributed by atoms with Crippen LogP contribution in [0.25, 0.3) is 0 Å². The number of halogens is 1. The van der Waals surface area contributed by atoms with Crippen LogP contribution < -0.4 is 5.32 Å². The highest BCUT2D eigenvalue weighted by Gasteiger charge is 2.08. The van der Waals surface area contributed by atoms with E-state index in [1.807, 2.05) is 13.8 Å². The Bertz CT molecular complexity index is 599. The molecule has 1 heterocycles. The molecule has 0 unspecified atom stereocenters. The summed E-state index contributed by atoms with van der Waals surface area (Å²) in [5, 5.41) is 3.34. The van der Waals surface area contributed by atoms with Gasteiger partial charge in [0.05, 0.1) is 5.75 Å². The Morgan fingerprint density at radius 2 is 1.86 bits per heavy atom. The smallest absolute Gasteiger partial charge is 0.141 e. The van der Waals surface area contributed by atoms with Gasteiger partial charge in [0.1, 0.15) is 17.5 Å². The van der Waals surface area contributed by atoms with Crippen molar-refractivity contribution in [2.45, 2.75) is 37.8 Å². The molecule has 5 heteroatoms. The summed E-state index contributed by atoms with van der Waals surface area (Å²) in [5.41, 5.74) is 2.09. The van der Waals surface area contributed by atoms with Crippen LogP contribution in [0.1, 0.15) is 30.4 Å². The van der Waals surface area contributed by atoms with Crippen LogP contribution in [0.3, 0.4) is 0 Å². The lowest BCUT2D eigenvalue weighted by Gasteiger charge is -2.11. The first-order chi connectivity index (χ1) is 10.1. The van der Waals surface area contributed by atoms with Crippen LogP contribution in [0.2, 0.25) is 0 Å². The van der Waals surface area contributed by atoms with Crippen LogP contribution in [0.5, 0.6) is 0 Å². The van der Waals surface area contributed by atoms with Gasteiger partial charge in [-0.1, -0.05) is 6.92 Å². The first-order valence-corrected chi connectivity index (χ1v) is 8.05. The van der Waals surface area contributed by atoms with Crippen LogP contribution in [-0.2, 0) is 5.75 Å². The number of thioether (sulfide) groups is 1. The maximum absolute atomic E-state index is 12.9. The van der Waals surface area contributed by atoms with Gasteiger partial charge < -0.3 is 5.32 Å². The quantitative estimate of drug-likeness (QED) is 0.805. The second kappa shape index (κ2) is 7.41. The highest BCUT2D eigenvalue weighted by molar-refractivity contribution is 7.98. The summed E-state index contributed by atoms with van der Waals surface area (Å²) in [6.45, 7) is 7.06. The number of hydrogen-bond donors (Lipinski definition) is 1. The monoisotopic (exact) mass is 305 g/mol. The summed E-state index contributed by atoms with van der Waals surface area (Å²) in [5.74, 6) is 2.17. The van der Waals surface area contributed by atoms with E-state index in [4.69, 9.17) is 0 Å². The fraction of sp³-hybridized carbons (Fsp3) is 0.375. The lowest BCUT2D eigenvalue weighted by molar-refractivity contribution is 0.626. The van der Waals surface area contributed by atoms with E-state index in [1.165, 1.54) is 12.1 Å². The number of anilines is 1. The molecule has 0 aliphatic heterocycles. The molecular formula is C16H20FN3S. The van der Waals surface area contributed by atoms with E-state index in [-0.39, 0.29) is 5.82 Å². The molecule has 0 radical (unpaired) electrons. The van der Waals surface area contributed by atoms with Crippen molar-refractivity contribution in [1.82, 2.24) is 9.97 Å². The predicted octanol–water partition coefficient (Wildman–Crippen LogP) is 4.35. The lowest BCUT2D eigenvalue weighted by Crippen LogP contribution is -2.08. The van der Waals surface area contributed by atoms with Crippen LogP contribution >= 0.6 is 11.8 Å². The Labute approximate surface area is 129 Å². The fourth-order valence-electron chi connectivity index (χ4n) is 1.85. The molecule has 0 aliphatic carbocycles. The minimum absolute atomic E-state index is 0.215. The van der Waals surface area contributed by atoms with Gasteiger partial charge >= 0.3 is 0 Å². The Morgan fingerprint density at radius 3 is 2.52 bits per heavy atom. The van der Waals surface area contributed by atoms with Crippen LogP contribution in [-0.4, -0.2) is 16.5 Å². The van der Waals surface area contributed by atoms with Gasteiger partial charge in [0.15, 0.2) is 0 Å². The van der Waals surface area contributed by atoms with Crippen molar-refractivity contribution in [1.29, 1.82) is 0 Å². The van der Waals surface area contributed by atoms with Crippen LogP contribution in [0.15, 0.2) is 29.2 Å². The van der Waals surface area contributed by atoms with E-state index < -0.39 is 0 Å². The summed E-state index contributed by atoms with van der Waals surface area (Å²) >= 11 is 1.61. The molecule has 0 bridgehead atoms. The Morgan fingerprint density at radius 1 is 1.14 bits per heavy atom. The zero-order valence-corrected chi connectivity index (χ0v) is 13.4. The van der Waals surface area contributed by atoms with Crippen molar-refractivity contribution in [3.63, 3.8) is 0 Å². The average Bonchev–Trinajstić information content (AvgIpc) is 2.48. The molecule has 0 amide bonds. The maximum atomic E-state index is 12.9. The van der Waals surface area contributed by atoms with Gasteiger partial charge in [0, 0.05) is 22.7 Å². The Hall–Kier alpha value is -1.62. The molecule has 2 aromatic rings. The summed E-state index contributed by atoms with van der Waals surface area (Å²) in [6, 6.07) is 6.49. The van der Waals surface area contributed by atoms with Gasteiger partial charge in [-0.05, 0) is 44.5 Å². The lowest BCUT2D eigenvalue weighted by atomic mass is 10.2. The Kier molecular flexibility index (Phi) is 5.56. The second-order valence-electron chi connectivity index (χ2n) is 4.87. The fourth-order valence-corrected chi connectivity index (χ4v) is 2.60. The minimum atomic E-state index is -0.215. The third-order valence-electron chi connectivity index (χ3n) is 3.16. The number of benzene rings is 1. The van der Waals surface area contributed by atoms with Gasteiger partial charge in [0.2, 0.25) is 0 Å². The van der Waals surface area contributed by atoms with Gasteiger partial charge in [0.25, 0.3) is 0 Å². The molecule has 1 aromatic carbocycles. The standard InChI is InChI=1S/C16H20FN3S/c1-4-9-18-16-11(2)12(3)19-15(20-16)10-21-14-7-5-13(17)6-8-14/h5-8H,4,9-10H2,1-3H3,(H,18,19,20). The van der Waals surface area contributed by atoms with Crippen molar-refractivity contribution in [2.75, 3.05) is 11.9 Å². The van der Waals surface area contributed by atoms with E-state index in [0.717, 1.165) is 40.8 Å². The molecule has 0 aliphatic rings. The number of nitrogens with one attached hydrogen (secondary N) is 1. The molecule has 0 fully saturated rings. The van der Waals surface area contributed by atoms with Crippen molar-refractivity contribution >= 4 is 17.6 Å². The topological polar surface area (TPSA) is 37.8 Å².